The van der Waals surface area contributed by atoms with E-state index in [1.807, 2.05) is 17.5 Å². The molecule has 7 nitrogen and oxygen atoms in total. The zero-order valence-corrected chi connectivity index (χ0v) is 12.4. The van der Waals surface area contributed by atoms with Crippen LogP contribution in [0.4, 0.5) is 0 Å². The number of carbonyl (C=O) groups excluding carboxylic acids is 1. The molecule has 1 aliphatic carbocycles. The van der Waals surface area contributed by atoms with E-state index in [1.165, 1.54) is 11.3 Å². The summed E-state index contributed by atoms with van der Waals surface area (Å²) in [6.07, 6.45) is 2.93. The second kappa shape index (κ2) is 5.38. The number of H-pyrrole nitrogens is 1. The number of rotatable bonds is 4. The second-order valence-electron chi connectivity index (χ2n) is 5.06. The molecule has 0 fully saturated rings. The van der Waals surface area contributed by atoms with Gasteiger partial charge in [-0.25, -0.2) is 0 Å². The molecule has 0 aromatic carbocycles. The van der Waals surface area contributed by atoms with Crippen LogP contribution in [0.25, 0.3) is 10.8 Å². The van der Waals surface area contributed by atoms with Crippen molar-refractivity contribution in [3.05, 3.63) is 40.3 Å². The molecule has 1 aliphatic rings. The number of amides is 1. The fraction of sp³-hybridized carbons (Fsp3) is 0.286. The number of aromatic amines is 1. The summed E-state index contributed by atoms with van der Waals surface area (Å²) in [6, 6.07) is 3.83. The first-order valence-corrected chi connectivity index (χ1v) is 7.90. The minimum Gasteiger partial charge on any atom is -0.343 e. The van der Waals surface area contributed by atoms with Gasteiger partial charge in [0.25, 0.3) is 11.8 Å². The van der Waals surface area contributed by atoms with E-state index >= 15 is 0 Å². The third kappa shape index (κ3) is 2.31. The van der Waals surface area contributed by atoms with Gasteiger partial charge in [0.1, 0.15) is 0 Å². The zero-order chi connectivity index (χ0) is 14.9. The number of nitrogens with one attached hydrogen (secondary N) is 2. The number of thiophene rings is 1. The Morgan fingerprint density at radius 1 is 1.45 bits per heavy atom. The summed E-state index contributed by atoms with van der Waals surface area (Å²) in [7, 11) is 0. The van der Waals surface area contributed by atoms with Gasteiger partial charge in [0.15, 0.2) is 11.5 Å². The molecule has 0 spiro atoms. The molecule has 2 N–H and O–H groups in total. The van der Waals surface area contributed by atoms with Crippen molar-refractivity contribution >= 4 is 17.2 Å². The van der Waals surface area contributed by atoms with E-state index in [-0.39, 0.29) is 12.5 Å². The SMILES string of the molecule is O=C(NCc1noc(-c2cccs2)n1)c1n[nH]c2c1CCC2. The number of carbonyl (C=O) groups is 1. The predicted octanol–water partition coefficient (Wildman–Crippen LogP) is 1.94. The van der Waals surface area contributed by atoms with Crippen molar-refractivity contribution in [2.45, 2.75) is 25.8 Å². The topological polar surface area (TPSA) is 96.7 Å². The summed E-state index contributed by atoms with van der Waals surface area (Å²) in [5, 5.41) is 15.6. The van der Waals surface area contributed by atoms with Crippen LogP contribution in [0.3, 0.4) is 0 Å². The van der Waals surface area contributed by atoms with E-state index < -0.39 is 0 Å². The first-order valence-electron chi connectivity index (χ1n) is 7.02. The summed E-state index contributed by atoms with van der Waals surface area (Å²) < 4.78 is 5.18. The van der Waals surface area contributed by atoms with E-state index in [1.54, 1.807) is 0 Å². The lowest BCUT2D eigenvalue weighted by molar-refractivity contribution is 0.0943. The quantitative estimate of drug-likeness (QED) is 0.767. The molecule has 0 radical (unpaired) electrons. The second-order valence-corrected chi connectivity index (χ2v) is 6.01. The van der Waals surface area contributed by atoms with Crippen LogP contribution in [0.1, 0.15) is 34.0 Å². The van der Waals surface area contributed by atoms with Crippen molar-refractivity contribution in [1.29, 1.82) is 0 Å². The van der Waals surface area contributed by atoms with Gasteiger partial charge >= 0.3 is 0 Å². The average molecular weight is 315 g/mol. The van der Waals surface area contributed by atoms with Crippen LogP contribution in [0.5, 0.6) is 0 Å². The fourth-order valence-electron chi connectivity index (χ4n) is 2.58. The van der Waals surface area contributed by atoms with Gasteiger partial charge in [0, 0.05) is 11.3 Å². The van der Waals surface area contributed by atoms with Crippen molar-refractivity contribution in [3.8, 4) is 10.8 Å². The Balaban J connectivity index is 1.43. The highest BCUT2D eigenvalue weighted by atomic mass is 32.1. The standard InChI is InChI=1S/C14H13N5O2S/c20-13(12-8-3-1-4-9(8)17-18-12)15-7-11-16-14(21-19-11)10-5-2-6-22-10/h2,5-6H,1,3-4,7H2,(H,15,20)(H,17,18). The predicted molar refractivity (Wildman–Crippen MR) is 79.4 cm³/mol. The molecule has 8 heteroatoms. The minimum absolute atomic E-state index is 0.207. The fourth-order valence-corrected chi connectivity index (χ4v) is 3.22. The van der Waals surface area contributed by atoms with Crippen LogP contribution >= 0.6 is 11.3 Å². The number of hydrogen-bond donors (Lipinski definition) is 2. The van der Waals surface area contributed by atoms with E-state index in [0.29, 0.717) is 17.4 Å². The van der Waals surface area contributed by atoms with Gasteiger partial charge in [-0.1, -0.05) is 11.2 Å². The monoisotopic (exact) mass is 315 g/mol. The van der Waals surface area contributed by atoms with Crippen LogP contribution in [-0.4, -0.2) is 26.2 Å². The smallest absolute Gasteiger partial charge is 0.272 e. The molecule has 0 unspecified atom stereocenters. The maximum Gasteiger partial charge on any atom is 0.272 e. The number of aromatic nitrogens is 4. The molecule has 4 rings (SSSR count). The van der Waals surface area contributed by atoms with Crippen molar-refractivity contribution in [2.75, 3.05) is 0 Å². The Morgan fingerprint density at radius 3 is 3.27 bits per heavy atom. The van der Waals surface area contributed by atoms with Gasteiger partial charge in [0.2, 0.25) is 0 Å². The molecule has 3 heterocycles. The molecule has 0 saturated carbocycles. The molecule has 0 bridgehead atoms. The van der Waals surface area contributed by atoms with Gasteiger partial charge < -0.3 is 9.84 Å². The van der Waals surface area contributed by atoms with Crippen LogP contribution < -0.4 is 5.32 Å². The van der Waals surface area contributed by atoms with E-state index in [4.69, 9.17) is 4.52 Å². The molecular weight excluding hydrogens is 302 g/mol. The molecule has 22 heavy (non-hydrogen) atoms. The van der Waals surface area contributed by atoms with E-state index in [0.717, 1.165) is 35.4 Å². The van der Waals surface area contributed by atoms with Crippen LogP contribution in [0.2, 0.25) is 0 Å². The molecule has 1 amide bonds. The van der Waals surface area contributed by atoms with Gasteiger partial charge in [-0.05, 0) is 30.7 Å². The highest BCUT2D eigenvalue weighted by Crippen LogP contribution is 2.23. The number of aryl methyl sites for hydroxylation is 1. The zero-order valence-electron chi connectivity index (χ0n) is 11.6. The Hall–Kier alpha value is -2.48. The summed E-state index contributed by atoms with van der Waals surface area (Å²) >= 11 is 1.53. The van der Waals surface area contributed by atoms with Crippen LogP contribution in [0.15, 0.2) is 22.0 Å². The highest BCUT2D eigenvalue weighted by Gasteiger charge is 2.23. The number of fused-ring (bicyclic) bond motifs is 1. The van der Waals surface area contributed by atoms with Crippen LogP contribution in [0, 0.1) is 0 Å². The molecule has 112 valence electrons. The van der Waals surface area contributed by atoms with Gasteiger partial charge in [-0.15, -0.1) is 11.3 Å². The molecular formula is C14H13N5O2S. The summed E-state index contributed by atoms with van der Waals surface area (Å²) in [4.78, 5) is 17.4. The first kappa shape index (κ1) is 13.2. The first-order chi connectivity index (χ1) is 10.8. The summed E-state index contributed by atoms with van der Waals surface area (Å²) in [6.45, 7) is 0.218. The maximum absolute atomic E-state index is 12.2. The Bertz CT molecular complexity index is 805. The number of hydrogen-bond acceptors (Lipinski definition) is 6. The molecule has 0 saturated heterocycles. The lowest BCUT2D eigenvalue weighted by Gasteiger charge is -2.00. The van der Waals surface area contributed by atoms with Gasteiger partial charge in [-0.2, -0.15) is 10.1 Å². The molecule has 3 aromatic rings. The van der Waals surface area contributed by atoms with E-state index in [2.05, 4.69) is 25.7 Å². The van der Waals surface area contributed by atoms with Gasteiger partial charge in [0.05, 0.1) is 11.4 Å². The van der Waals surface area contributed by atoms with Crippen molar-refractivity contribution in [1.82, 2.24) is 25.7 Å². The number of nitrogens with zero attached hydrogens (tertiary/aromatic N) is 3. The summed E-state index contributed by atoms with van der Waals surface area (Å²) in [5.74, 6) is 0.714. The third-order valence-corrected chi connectivity index (χ3v) is 4.49. The largest absolute Gasteiger partial charge is 0.343 e. The lowest BCUT2D eigenvalue weighted by Crippen LogP contribution is -2.24. The molecule has 0 atom stereocenters. The lowest BCUT2D eigenvalue weighted by atomic mass is 10.2. The van der Waals surface area contributed by atoms with Crippen molar-refractivity contribution in [2.24, 2.45) is 0 Å². The Labute approximate surface area is 129 Å². The Morgan fingerprint density at radius 2 is 2.41 bits per heavy atom. The van der Waals surface area contributed by atoms with Crippen molar-refractivity contribution < 1.29 is 9.32 Å². The summed E-state index contributed by atoms with van der Waals surface area (Å²) in [5.41, 5.74) is 2.59. The van der Waals surface area contributed by atoms with Gasteiger partial charge in [-0.3, -0.25) is 9.89 Å². The van der Waals surface area contributed by atoms with Crippen LogP contribution in [-0.2, 0) is 19.4 Å². The molecule has 0 aliphatic heterocycles. The Kier molecular flexibility index (Phi) is 3.23. The third-order valence-electron chi connectivity index (χ3n) is 3.63. The maximum atomic E-state index is 12.2. The minimum atomic E-state index is -0.207. The average Bonchev–Trinajstić information content (AvgIpc) is 3.27. The van der Waals surface area contributed by atoms with E-state index in [9.17, 15) is 4.79 Å². The molecule has 3 aromatic heterocycles. The normalized spacial score (nSPS) is 13.3. The highest BCUT2D eigenvalue weighted by molar-refractivity contribution is 7.13. The van der Waals surface area contributed by atoms with Crippen molar-refractivity contribution in [3.63, 3.8) is 0 Å².